The zero-order valence-corrected chi connectivity index (χ0v) is 9.99. The summed E-state index contributed by atoms with van der Waals surface area (Å²) in [6, 6.07) is 9.14. The lowest BCUT2D eigenvalue weighted by atomic mass is 9.98. The minimum Gasteiger partial charge on any atom is -0.478 e. The highest BCUT2D eigenvalue weighted by molar-refractivity contribution is 5.20. The van der Waals surface area contributed by atoms with Crippen LogP contribution in [0.5, 0.6) is 5.75 Å². The number of hydrogen-bond donors (Lipinski definition) is 0. The van der Waals surface area contributed by atoms with Crippen molar-refractivity contribution in [1.29, 1.82) is 0 Å². The predicted octanol–water partition coefficient (Wildman–Crippen LogP) is 3.30. The molecule has 0 radical (unpaired) electrons. The second-order valence-electron chi connectivity index (χ2n) is 4.54. The molecule has 0 amide bonds. The Morgan fingerprint density at radius 3 is 2.61 bits per heavy atom. The maximum Gasteiger partial charge on any atom is 0.393 e. The lowest BCUT2D eigenvalue weighted by molar-refractivity contribution is -0.188. The summed E-state index contributed by atoms with van der Waals surface area (Å²) in [4.78, 5) is 1.72. The Morgan fingerprint density at radius 2 is 1.94 bits per heavy atom. The smallest absolute Gasteiger partial charge is 0.393 e. The van der Waals surface area contributed by atoms with E-state index in [2.05, 4.69) is 0 Å². The molecule has 0 aliphatic carbocycles. The third-order valence-corrected chi connectivity index (χ3v) is 3.13. The van der Waals surface area contributed by atoms with Crippen LogP contribution in [0.4, 0.5) is 13.2 Å². The zero-order chi connectivity index (χ0) is 13.0. The van der Waals surface area contributed by atoms with E-state index in [-0.39, 0.29) is 19.7 Å². The number of para-hydroxylation sites is 1. The molecule has 2 nitrogen and oxygen atoms in total. The van der Waals surface area contributed by atoms with Gasteiger partial charge in [0.25, 0.3) is 0 Å². The second-order valence-corrected chi connectivity index (χ2v) is 4.54. The molecule has 1 unspecified atom stereocenters. The van der Waals surface area contributed by atoms with Crippen molar-refractivity contribution in [3.8, 4) is 5.75 Å². The van der Waals surface area contributed by atoms with Crippen LogP contribution in [0.25, 0.3) is 0 Å². The van der Waals surface area contributed by atoms with Gasteiger partial charge in [-0.2, -0.15) is 13.2 Å². The van der Waals surface area contributed by atoms with Crippen molar-refractivity contribution in [2.75, 3.05) is 19.8 Å². The molecular formula is C13H16F3NO. The van der Waals surface area contributed by atoms with Gasteiger partial charge in [0.2, 0.25) is 0 Å². The fourth-order valence-corrected chi connectivity index (χ4v) is 2.12. The largest absolute Gasteiger partial charge is 0.478 e. The Labute approximate surface area is 104 Å². The van der Waals surface area contributed by atoms with Gasteiger partial charge < -0.3 is 4.74 Å². The van der Waals surface area contributed by atoms with Gasteiger partial charge in [-0.15, -0.1) is 0 Å². The molecule has 1 aliphatic rings. The third kappa shape index (κ3) is 3.63. The van der Waals surface area contributed by atoms with E-state index >= 15 is 0 Å². The first-order chi connectivity index (χ1) is 8.55. The van der Waals surface area contributed by atoms with Crippen molar-refractivity contribution < 1.29 is 17.9 Å². The number of benzene rings is 1. The minimum atomic E-state index is -4.09. The Hall–Kier alpha value is -1.23. The van der Waals surface area contributed by atoms with E-state index in [1.54, 1.807) is 17.0 Å². The first kappa shape index (κ1) is 13.2. The summed E-state index contributed by atoms with van der Waals surface area (Å²) in [6.07, 6.45) is -3.29. The van der Waals surface area contributed by atoms with Crippen molar-refractivity contribution in [3.05, 3.63) is 30.3 Å². The van der Waals surface area contributed by atoms with E-state index in [1.165, 1.54) is 0 Å². The second kappa shape index (κ2) is 5.61. The highest BCUT2D eigenvalue weighted by Crippen LogP contribution is 2.33. The molecular weight excluding hydrogens is 243 g/mol. The summed E-state index contributed by atoms with van der Waals surface area (Å²) in [5.74, 6) is -0.530. The van der Waals surface area contributed by atoms with Crippen molar-refractivity contribution >= 4 is 0 Å². The average Bonchev–Trinajstić information content (AvgIpc) is 2.37. The lowest BCUT2D eigenvalue weighted by Crippen LogP contribution is -2.43. The number of piperidine rings is 1. The van der Waals surface area contributed by atoms with Gasteiger partial charge in [-0.25, -0.2) is 0 Å². The van der Waals surface area contributed by atoms with Crippen LogP contribution >= 0.6 is 0 Å². The summed E-state index contributed by atoms with van der Waals surface area (Å²) in [5, 5.41) is 0. The van der Waals surface area contributed by atoms with Crippen molar-refractivity contribution in [2.45, 2.75) is 19.0 Å². The molecule has 100 valence electrons. The lowest BCUT2D eigenvalue weighted by Gasteiger charge is -2.33. The van der Waals surface area contributed by atoms with Crippen LogP contribution in [0, 0.1) is 5.92 Å². The molecule has 0 spiro atoms. The van der Waals surface area contributed by atoms with E-state index in [0.717, 1.165) is 0 Å². The quantitative estimate of drug-likeness (QED) is 0.825. The van der Waals surface area contributed by atoms with E-state index in [1.807, 2.05) is 18.2 Å². The van der Waals surface area contributed by atoms with Gasteiger partial charge in [-0.3, -0.25) is 4.90 Å². The van der Waals surface area contributed by atoms with Gasteiger partial charge in [-0.05, 0) is 25.0 Å². The summed E-state index contributed by atoms with van der Waals surface area (Å²) in [6.45, 7) is 0.923. The highest BCUT2D eigenvalue weighted by Gasteiger charge is 2.41. The van der Waals surface area contributed by atoms with E-state index in [0.29, 0.717) is 18.7 Å². The van der Waals surface area contributed by atoms with Gasteiger partial charge in [0, 0.05) is 13.1 Å². The number of likely N-dealkylation sites (tertiary alicyclic amines) is 1. The monoisotopic (exact) mass is 259 g/mol. The van der Waals surface area contributed by atoms with Crippen LogP contribution in [0.15, 0.2) is 30.3 Å². The molecule has 1 heterocycles. The fourth-order valence-electron chi connectivity index (χ4n) is 2.12. The minimum absolute atomic E-state index is 0.0380. The normalized spacial score (nSPS) is 21.8. The maximum atomic E-state index is 12.6. The van der Waals surface area contributed by atoms with Crippen molar-refractivity contribution in [1.82, 2.24) is 4.90 Å². The summed E-state index contributed by atoms with van der Waals surface area (Å²) < 4.78 is 43.3. The molecule has 1 aromatic carbocycles. The standard InChI is InChI=1S/C13H16F3NO/c14-13(15,16)11-5-4-8-17(9-11)10-18-12-6-2-1-3-7-12/h1-3,6-7,11H,4-5,8-10H2. The summed E-state index contributed by atoms with van der Waals surface area (Å²) in [7, 11) is 0. The molecule has 1 atom stereocenters. The van der Waals surface area contributed by atoms with Gasteiger partial charge in [0.05, 0.1) is 5.92 Å². The first-order valence-electron chi connectivity index (χ1n) is 6.02. The first-order valence-corrected chi connectivity index (χ1v) is 6.02. The van der Waals surface area contributed by atoms with Gasteiger partial charge in [0.1, 0.15) is 12.5 Å². The van der Waals surface area contributed by atoms with Crippen LogP contribution in [0.3, 0.4) is 0 Å². The third-order valence-electron chi connectivity index (χ3n) is 3.13. The van der Waals surface area contributed by atoms with Crippen LogP contribution in [0.1, 0.15) is 12.8 Å². The van der Waals surface area contributed by atoms with E-state index in [9.17, 15) is 13.2 Å². The summed E-state index contributed by atoms with van der Waals surface area (Å²) >= 11 is 0. The maximum absolute atomic E-state index is 12.6. The zero-order valence-electron chi connectivity index (χ0n) is 9.99. The molecule has 1 fully saturated rings. The van der Waals surface area contributed by atoms with Crippen LogP contribution < -0.4 is 4.74 Å². The number of rotatable bonds is 3. The Bertz CT molecular complexity index is 366. The number of hydrogen-bond acceptors (Lipinski definition) is 2. The van der Waals surface area contributed by atoms with Crippen LogP contribution in [-0.2, 0) is 0 Å². The van der Waals surface area contributed by atoms with Crippen molar-refractivity contribution in [2.24, 2.45) is 5.92 Å². The molecule has 0 aromatic heterocycles. The van der Waals surface area contributed by atoms with Crippen LogP contribution in [-0.4, -0.2) is 30.9 Å². The van der Waals surface area contributed by atoms with Crippen molar-refractivity contribution in [3.63, 3.8) is 0 Å². The molecule has 0 bridgehead atoms. The number of halogens is 3. The molecule has 0 saturated carbocycles. The van der Waals surface area contributed by atoms with E-state index in [4.69, 9.17) is 4.74 Å². The molecule has 1 aromatic rings. The number of alkyl halides is 3. The topological polar surface area (TPSA) is 12.5 Å². The predicted molar refractivity (Wildman–Crippen MR) is 62.3 cm³/mol. The molecule has 0 N–H and O–H groups in total. The summed E-state index contributed by atoms with van der Waals surface area (Å²) in [5.41, 5.74) is 0. The van der Waals surface area contributed by atoms with Gasteiger partial charge >= 0.3 is 6.18 Å². The molecule has 2 rings (SSSR count). The Balaban J connectivity index is 1.83. The fraction of sp³-hybridized carbons (Fsp3) is 0.538. The van der Waals surface area contributed by atoms with Crippen LogP contribution in [0.2, 0.25) is 0 Å². The Morgan fingerprint density at radius 1 is 1.22 bits per heavy atom. The number of nitrogens with zero attached hydrogens (tertiary/aromatic N) is 1. The van der Waals surface area contributed by atoms with Gasteiger partial charge in [-0.1, -0.05) is 18.2 Å². The molecule has 5 heteroatoms. The highest BCUT2D eigenvalue weighted by atomic mass is 19.4. The SMILES string of the molecule is FC(F)(F)C1CCCN(COc2ccccc2)C1. The molecule has 1 saturated heterocycles. The Kier molecular flexibility index (Phi) is 4.11. The average molecular weight is 259 g/mol. The number of ether oxygens (including phenoxy) is 1. The molecule has 18 heavy (non-hydrogen) atoms. The molecule has 1 aliphatic heterocycles. The van der Waals surface area contributed by atoms with E-state index < -0.39 is 12.1 Å². The van der Waals surface area contributed by atoms with Gasteiger partial charge in [0.15, 0.2) is 0 Å².